The molecular weight excluding hydrogens is 334 g/mol. The summed E-state index contributed by atoms with van der Waals surface area (Å²) in [5.74, 6) is 0.272. The Morgan fingerprint density at radius 2 is 1.96 bits per heavy atom. The van der Waals surface area contributed by atoms with Gasteiger partial charge in [-0.25, -0.2) is 4.79 Å². The molecule has 2 aromatic rings. The molecule has 0 saturated carbocycles. The van der Waals surface area contributed by atoms with E-state index < -0.39 is 5.79 Å². The van der Waals surface area contributed by atoms with Crippen LogP contribution in [0, 0.1) is 0 Å². The Balaban J connectivity index is 1.23. The van der Waals surface area contributed by atoms with Gasteiger partial charge >= 0.3 is 6.03 Å². The molecule has 7 heteroatoms. The second kappa shape index (κ2) is 7.47. The van der Waals surface area contributed by atoms with Crippen molar-refractivity contribution in [1.82, 2.24) is 15.2 Å². The molecule has 3 heterocycles. The van der Waals surface area contributed by atoms with Gasteiger partial charge in [0.15, 0.2) is 5.79 Å². The van der Waals surface area contributed by atoms with Crippen LogP contribution < -0.4 is 10.1 Å². The van der Waals surface area contributed by atoms with Crippen LogP contribution >= 0.6 is 0 Å². The SMILES string of the molecule is O=C(NCCOc1cccc2cccnc12)N1CCC2(CC1)OCCO2. The first-order valence-corrected chi connectivity index (χ1v) is 9.03. The number of hydrogen-bond acceptors (Lipinski definition) is 5. The second-order valence-corrected chi connectivity index (χ2v) is 6.51. The number of carbonyl (C=O) groups excluding carboxylic acids is 1. The van der Waals surface area contributed by atoms with Crippen LogP contribution in [0.1, 0.15) is 12.8 Å². The summed E-state index contributed by atoms with van der Waals surface area (Å²) in [4.78, 5) is 18.5. The largest absolute Gasteiger partial charge is 0.489 e. The number of nitrogens with zero attached hydrogens (tertiary/aromatic N) is 2. The molecule has 0 aliphatic carbocycles. The lowest BCUT2D eigenvalue weighted by Crippen LogP contribution is -2.50. The van der Waals surface area contributed by atoms with Gasteiger partial charge in [-0.05, 0) is 12.1 Å². The zero-order chi connectivity index (χ0) is 17.8. The first kappa shape index (κ1) is 17.1. The predicted octanol–water partition coefficient (Wildman–Crippen LogP) is 2.16. The van der Waals surface area contributed by atoms with Crippen LogP contribution in [0.5, 0.6) is 5.75 Å². The molecule has 138 valence electrons. The minimum Gasteiger partial charge on any atom is -0.489 e. The Morgan fingerprint density at radius 3 is 2.77 bits per heavy atom. The van der Waals surface area contributed by atoms with E-state index in [1.54, 1.807) is 11.1 Å². The monoisotopic (exact) mass is 357 g/mol. The number of hydrogen-bond donors (Lipinski definition) is 1. The number of piperidine rings is 1. The van der Waals surface area contributed by atoms with Gasteiger partial charge in [0.2, 0.25) is 0 Å². The van der Waals surface area contributed by atoms with Gasteiger partial charge in [0.25, 0.3) is 0 Å². The molecule has 2 aliphatic rings. The molecule has 2 saturated heterocycles. The Morgan fingerprint density at radius 1 is 1.19 bits per heavy atom. The zero-order valence-electron chi connectivity index (χ0n) is 14.6. The van der Waals surface area contributed by atoms with Crippen molar-refractivity contribution in [2.75, 3.05) is 39.5 Å². The predicted molar refractivity (Wildman–Crippen MR) is 96.1 cm³/mol. The van der Waals surface area contributed by atoms with Gasteiger partial charge in [-0.1, -0.05) is 18.2 Å². The molecule has 26 heavy (non-hydrogen) atoms. The molecule has 0 atom stereocenters. The number of ether oxygens (including phenoxy) is 3. The number of likely N-dealkylation sites (tertiary alicyclic amines) is 1. The van der Waals surface area contributed by atoms with Gasteiger partial charge in [-0.15, -0.1) is 0 Å². The van der Waals surface area contributed by atoms with Crippen LogP contribution in [0.3, 0.4) is 0 Å². The average Bonchev–Trinajstić information content (AvgIpc) is 3.13. The normalized spacial score (nSPS) is 19.0. The van der Waals surface area contributed by atoms with Crippen LogP contribution in [-0.4, -0.2) is 61.2 Å². The van der Waals surface area contributed by atoms with E-state index in [1.165, 1.54) is 0 Å². The highest BCUT2D eigenvalue weighted by Crippen LogP contribution is 2.31. The van der Waals surface area contributed by atoms with Crippen molar-refractivity contribution in [3.8, 4) is 5.75 Å². The van der Waals surface area contributed by atoms with Crippen molar-refractivity contribution >= 4 is 16.9 Å². The Labute approximate surface area is 152 Å². The van der Waals surface area contributed by atoms with Crippen molar-refractivity contribution in [3.63, 3.8) is 0 Å². The van der Waals surface area contributed by atoms with Gasteiger partial charge in [0, 0.05) is 37.5 Å². The summed E-state index contributed by atoms with van der Waals surface area (Å²) in [5.41, 5.74) is 0.833. The van der Waals surface area contributed by atoms with E-state index in [0.29, 0.717) is 39.5 Å². The molecule has 2 amide bonds. The maximum absolute atomic E-state index is 12.3. The molecule has 1 spiro atoms. The fourth-order valence-corrected chi connectivity index (χ4v) is 3.46. The molecule has 1 N–H and O–H groups in total. The average molecular weight is 357 g/mol. The molecule has 2 fully saturated rings. The summed E-state index contributed by atoms with van der Waals surface area (Å²) in [6.45, 7) is 3.40. The minimum absolute atomic E-state index is 0.0718. The zero-order valence-corrected chi connectivity index (χ0v) is 14.6. The number of para-hydroxylation sites is 1. The third-order valence-electron chi connectivity index (χ3n) is 4.86. The Hall–Kier alpha value is -2.38. The number of benzene rings is 1. The summed E-state index contributed by atoms with van der Waals surface area (Å²) in [5, 5.41) is 3.94. The van der Waals surface area contributed by atoms with E-state index >= 15 is 0 Å². The van der Waals surface area contributed by atoms with Crippen molar-refractivity contribution < 1.29 is 19.0 Å². The molecule has 0 radical (unpaired) electrons. The van der Waals surface area contributed by atoms with Gasteiger partial charge in [0.1, 0.15) is 17.9 Å². The standard InChI is InChI=1S/C19H23N3O4/c23-18(22-10-6-19(7-11-22)25-13-14-26-19)21-9-12-24-16-5-1-3-15-4-2-8-20-17(15)16/h1-5,8H,6-7,9-14H2,(H,21,23). The fourth-order valence-electron chi connectivity index (χ4n) is 3.46. The highest BCUT2D eigenvalue weighted by atomic mass is 16.7. The van der Waals surface area contributed by atoms with Gasteiger partial charge in [0.05, 0.1) is 19.8 Å². The fraction of sp³-hybridized carbons (Fsp3) is 0.474. The second-order valence-electron chi connectivity index (χ2n) is 6.51. The maximum atomic E-state index is 12.3. The summed E-state index contributed by atoms with van der Waals surface area (Å²) in [6.07, 6.45) is 3.19. The van der Waals surface area contributed by atoms with Gasteiger partial charge < -0.3 is 24.4 Å². The van der Waals surface area contributed by atoms with Crippen molar-refractivity contribution in [2.24, 2.45) is 0 Å². The van der Waals surface area contributed by atoms with Gasteiger partial charge in [-0.2, -0.15) is 0 Å². The number of pyridine rings is 1. The first-order valence-electron chi connectivity index (χ1n) is 9.03. The number of urea groups is 1. The first-order chi connectivity index (χ1) is 12.8. The van der Waals surface area contributed by atoms with Crippen molar-refractivity contribution in [2.45, 2.75) is 18.6 Å². The van der Waals surface area contributed by atoms with Crippen LogP contribution in [-0.2, 0) is 9.47 Å². The molecule has 0 bridgehead atoms. The third kappa shape index (κ3) is 3.59. The van der Waals surface area contributed by atoms with Gasteiger partial charge in [-0.3, -0.25) is 4.98 Å². The lowest BCUT2D eigenvalue weighted by Gasteiger charge is -2.37. The van der Waals surface area contributed by atoms with E-state index in [0.717, 1.165) is 29.5 Å². The number of fused-ring (bicyclic) bond motifs is 1. The smallest absolute Gasteiger partial charge is 0.317 e. The van der Waals surface area contributed by atoms with Crippen molar-refractivity contribution in [3.05, 3.63) is 36.5 Å². The van der Waals surface area contributed by atoms with Crippen LogP contribution in [0.4, 0.5) is 4.79 Å². The molecule has 7 nitrogen and oxygen atoms in total. The molecule has 4 rings (SSSR count). The maximum Gasteiger partial charge on any atom is 0.317 e. The summed E-state index contributed by atoms with van der Waals surface area (Å²) in [6, 6.07) is 9.65. The van der Waals surface area contributed by atoms with E-state index in [2.05, 4.69) is 10.3 Å². The number of amides is 2. The molecule has 0 unspecified atom stereocenters. The Kier molecular flexibility index (Phi) is 4.90. The quantitative estimate of drug-likeness (QED) is 0.849. The topological polar surface area (TPSA) is 72.9 Å². The van der Waals surface area contributed by atoms with Crippen LogP contribution in [0.25, 0.3) is 10.9 Å². The lowest BCUT2D eigenvalue weighted by molar-refractivity contribution is -0.181. The minimum atomic E-state index is -0.457. The highest BCUT2D eigenvalue weighted by Gasteiger charge is 2.40. The molecule has 1 aromatic heterocycles. The van der Waals surface area contributed by atoms with E-state index in [-0.39, 0.29) is 6.03 Å². The molecule has 1 aromatic carbocycles. The number of rotatable bonds is 4. The van der Waals surface area contributed by atoms with E-state index in [4.69, 9.17) is 14.2 Å². The van der Waals surface area contributed by atoms with Crippen LogP contribution in [0.15, 0.2) is 36.5 Å². The molecule has 2 aliphatic heterocycles. The number of nitrogens with one attached hydrogen (secondary N) is 1. The van der Waals surface area contributed by atoms with E-state index in [1.807, 2.05) is 30.3 Å². The number of carbonyl (C=O) groups is 1. The Bertz CT molecular complexity index is 761. The summed E-state index contributed by atoms with van der Waals surface area (Å²) in [7, 11) is 0. The van der Waals surface area contributed by atoms with E-state index in [9.17, 15) is 4.79 Å². The lowest BCUT2D eigenvalue weighted by atomic mass is 10.0. The third-order valence-corrected chi connectivity index (χ3v) is 4.86. The number of aromatic nitrogens is 1. The summed E-state index contributed by atoms with van der Waals surface area (Å²) >= 11 is 0. The summed E-state index contributed by atoms with van der Waals surface area (Å²) < 4.78 is 17.2. The van der Waals surface area contributed by atoms with Crippen LogP contribution in [0.2, 0.25) is 0 Å². The van der Waals surface area contributed by atoms with Crippen molar-refractivity contribution in [1.29, 1.82) is 0 Å². The molecular formula is C19H23N3O4. The highest BCUT2D eigenvalue weighted by molar-refractivity contribution is 5.84.